The number of ether oxygens (including phenoxy) is 1. The number of carbonyl (C=O) groups is 1. The molecule has 6 nitrogen and oxygen atoms in total. The van der Waals surface area contributed by atoms with Crippen molar-refractivity contribution in [1.29, 1.82) is 0 Å². The first-order valence-electron chi connectivity index (χ1n) is 8.87. The highest BCUT2D eigenvalue weighted by Crippen LogP contribution is 2.65. The maximum atomic E-state index is 13.5. The zero-order valence-electron chi connectivity index (χ0n) is 15.5. The lowest BCUT2D eigenvalue weighted by atomic mass is 9.45. The maximum Gasteiger partial charge on any atom is 0.435 e. The minimum atomic E-state index is -4.65. The van der Waals surface area contributed by atoms with E-state index < -0.39 is 40.9 Å². The second-order valence-corrected chi connectivity index (χ2v) is 7.69. The quantitative estimate of drug-likeness (QED) is 0.548. The minimum absolute atomic E-state index is 0.0325. The molecule has 3 aliphatic carbocycles. The van der Waals surface area contributed by atoms with Crippen molar-refractivity contribution in [3.05, 3.63) is 47.0 Å². The number of urea groups is 1. The summed E-state index contributed by atoms with van der Waals surface area (Å²) in [5, 5.41) is 7.75. The van der Waals surface area contributed by atoms with Gasteiger partial charge < -0.3 is 15.0 Å². The molecule has 0 radical (unpaired) electrons. The van der Waals surface area contributed by atoms with Gasteiger partial charge in [0.25, 0.3) is 0 Å². The largest absolute Gasteiger partial charge is 0.435 e. The van der Waals surface area contributed by atoms with Crippen LogP contribution in [-0.4, -0.2) is 39.4 Å². The number of nitrogens with zero attached hydrogens (tertiary/aromatic N) is 2. The van der Waals surface area contributed by atoms with E-state index in [1.54, 1.807) is 0 Å². The van der Waals surface area contributed by atoms with Crippen LogP contribution in [-0.2, 0) is 17.5 Å². The Kier molecular flexibility index (Phi) is 4.53. The van der Waals surface area contributed by atoms with Crippen LogP contribution in [0.2, 0.25) is 0 Å². The molecule has 12 heteroatoms. The number of anilines is 1. The van der Waals surface area contributed by atoms with Crippen molar-refractivity contribution >= 4 is 11.7 Å². The summed E-state index contributed by atoms with van der Waals surface area (Å²) in [6.07, 6.45) is -3.25. The third-order valence-corrected chi connectivity index (χ3v) is 5.69. The van der Waals surface area contributed by atoms with E-state index in [1.165, 1.54) is 12.0 Å². The van der Waals surface area contributed by atoms with Crippen LogP contribution in [0.5, 0.6) is 0 Å². The monoisotopic (exact) mass is 434 g/mol. The molecule has 3 saturated carbocycles. The molecule has 0 saturated heterocycles. The number of H-pyrrole nitrogens is 1. The number of hydrogen-bond acceptors (Lipinski definition) is 3. The summed E-state index contributed by atoms with van der Waals surface area (Å²) in [7, 11) is 1.53. The van der Waals surface area contributed by atoms with E-state index in [0.29, 0.717) is 31.4 Å². The highest BCUT2D eigenvalue weighted by molar-refractivity contribution is 5.90. The first kappa shape index (κ1) is 20.5. The van der Waals surface area contributed by atoms with Crippen LogP contribution < -0.4 is 5.32 Å². The first-order valence-corrected chi connectivity index (χ1v) is 8.87. The van der Waals surface area contributed by atoms with Gasteiger partial charge in [-0.2, -0.15) is 18.3 Å². The van der Waals surface area contributed by atoms with Gasteiger partial charge in [-0.25, -0.2) is 18.0 Å². The SMILES string of the molecule is COC12CC(N(Cc3cc(C(F)(F)F)n[nH]3)C(=O)Nc3cc(F)c(F)c(F)c3)(C1)C2. The van der Waals surface area contributed by atoms with E-state index in [1.807, 2.05) is 0 Å². The normalized spacial score (nSPS) is 24.8. The van der Waals surface area contributed by atoms with Crippen molar-refractivity contribution in [3.63, 3.8) is 0 Å². The molecule has 3 aliphatic rings. The Bertz CT molecular complexity index is 962. The first-order chi connectivity index (χ1) is 14.0. The smallest absolute Gasteiger partial charge is 0.378 e. The molecule has 1 heterocycles. The van der Waals surface area contributed by atoms with Gasteiger partial charge in [0.1, 0.15) is 0 Å². The number of rotatable bonds is 5. The number of alkyl halides is 3. The summed E-state index contributed by atoms with van der Waals surface area (Å²) in [5.41, 5.74) is -2.47. The fraction of sp³-hybridized carbons (Fsp3) is 0.444. The fourth-order valence-electron chi connectivity index (χ4n) is 4.18. The topological polar surface area (TPSA) is 70.2 Å². The van der Waals surface area contributed by atoms with Crippen LogP contribution in [0.4, 0.5) is 36.8 Å². The molecular weight excluding hydrogens is 418 g/mol. The number of aromatic amines is 1. The van der Waals surface area contributed by atoms with Crippen LogP contribution >= 0.6 is 0 Å². The molecule has 3 fully saturated rings. The van der Waals surface area contributed by atoms with Crippen molar-refractivity contribution in [3.8, 4) is 0 Å². The number of amides is 2. The zero-order valence-corrected chi connectivity index (χ0v) is 15.5. The van der Waals surface area contributed by atoms with Gasteiger partial charge in [0.2, 0.25) is 0 Å². The van der Waals surface area contributed by atoms with Gasteiger partial charge in [0, 0.05) is 44.2 Å². The number of carbonyl (C=O) groups excluding carboxylic acids is 1. The van der Waals surface area contributed by atoms with Gasteiger partial charge in [0.05, 0.1) is 23.4 Å². The Morgan fingerprint density at radius 3 is 2.30 bits per heavy atom. The van der Waals surface area contributed by atoms with Crippen LogP contribution in [0.3, 0.4) is 0 Å². The molecular formula is C18H16F6N4O2. The molecule has 5 rings (SSSR count). The molecule has 2 bridgehead atoms. The average Bonchev–Trinajstić information content (AvgIpc) is 3.06. The fourth-order valence-corrected chi connectivity index (χ4v) is 4.18. The van der Waals surface area contributed by atoms with Crippen molar-refractivity contribution in [2.75, 3.05) is 12.4 Å². The number of halogens is 6. The van der Waals surface area contributed by atoms with Gasteiger partial charge >= 0.3 is 12.2 Å². The maximum absolute atomic E-state index is 13.5. The molecule has 2 amide bonds. The molecule has 2 N–H and O–H groups in total. The highest BCUT2D eigenvalue weighted by Gasteiger charge is 2.72. The summed E-state index contributed by atoms with van der Waals surface area (Å²) < 4.78 is 83.9. The van der Waals surface area contributed by atoms with Gasteiger partial charge in [-0.15, -0.1) is 0 Å². The standard InChI is InChI=1S/C18H16F6N4O2/c1-30-17-6-16(7-17,8-17)28(5-10-4-13(27-26-10)18(22,23)24)15(29)25-9-2-11(19)14(21)12(20)3-9/h2-4H,5-8H2,1H3,(H,25,29)(H,26,27). The summed E-state index contributed by atoms with van der Waals surface area (Å²) in [6, 6.07) is 1.22. The molecule has 2 aromatic rings. The van der Waals surface area contributed by atoms with Gasteiger partial charge in [-0.3, -0.25) is 5.10 Å². The van der Waals surface area contributed by atoms with E-state index >= 15 is 0 Å². The Hall–Kier alpha value is -2.76. The number of benzene rings is 1. The van der Waals surface area contributed by atoms with Crippen molar-refractivity contribution in [2.45, 2.75) is 43.1 Å². The van der Waals surface area contributed by atoms with E-state index in [2.05, 4.69) is 15.5 Å². The molecule has 0 unspecified atom stereocenters. The Labute approximate surface area is 166 Å². The molecule has 0 atom stereocenters. The van der Waals surface area contributed by atoms with Gasteiger partial charge in [-0.1, -0.05) is 0 Å². The Balaban J connectivity index is 1.57. The number of hydrogen-bond donors (Lipinski definition) is 2. The predicted molar refractivity (Wildman–Crippen MR) is 90.8 cm³/mol. The molecule has 30 heavy (non-hydrogen) atoms. The second kappa shape index (κ2) is 6.62. The summed E-state index contributed by atoms with van der Waals surface area (Å²) >= 11 is 0. The zero-order chi connectivity index (χ0) is 21.9. The van der Waals surface area contributed by atoms with Crippen LogP contribution in [0.1, 0.15) is 30.7 Å². The van der Waals surface area contributed by atoms with Crippen molar-refractivity contribution in [1.82, 2.24) is 15.1 Å². The minimum Gasteiger partial charge on any atom is -0.378 e. The lowest BCUT2D eigenvalue weighted by molar-refractivity contribution is -0.269. The van der Waals surface area contributed by atoms with Crippen LogP contribution in [0, 0.1) is 17.5 Å². The summed E-state index contributed by atoms with van der Waals surface area (Å²) in [5.74, 6) is -4.64. The molecule has 162 valence electrons. The molecule has 1 aromatic heterocycles. The van der Waals surface area contributed by atoms with Crippen molar-refractivity contribution in [2.24, 2.45) is 0 Å². The number of methoxy groups -OCH3 is 1. The van der Waals surface area contributed by atoms with Gasteiger partial charge in [0.15, 0.2) is 23.1 Å². The van der Waals surface area contributed by atoms with E-state index in [0.717, 1.165) is 6.07 Å². The summed E-state index contributed by atoms with van der Waals surface area (Å²) in [4.78, 5) is 14.1. The third kappa shape index (κ3) is 3.28. The Morgan fingerprint density at radius 1 is 1.20 bits per heavy atom. The number of nitrogens with one attached hydrogen (secondary N) is 2. The third-order valence-electron chi connectivity index (χ3n) is 5.69. The molecule has 1 aromatic carbocycles. The van der Waals surface area contributed by atoms with E-state index in [-0.39, 0.29) is 23.5 Å². The Morgan fingerprint density at radius 2 is 1.80 bits per heavy atom. The van der Waals surface area contributed by atoms with Crippen LogP contribution in [0.15, 0.2) is 18.2 Å². The lowest BCUT2D eigenvalue weighted by Crippen LogP contribution is -2.80. The van der Waals surface area contributed by atoms with E-state index in [9.17, 15) is 31.1 Å². The number of aromatic nitrogens is 2. The molecule has 0 spiro atoms. The van der Waals surface area contributed by atoms with Crippen LogP contribution in [0.25, 0.3) is 0 Å². The summed E-state index contributed by atoms with van der Waals surface area (Å²) in [6.45, 7) is -0.249. The predicted octanol–water partition coefficient (Wildman–Crippen LogP) is 4.20. The van der Waals surface area contributed by atoms with E-state index in [4.69, 9.17) is 4.74 Å². The van der Waals surface area contributed by atoms with Gasteiger partial charge in [-0.05, 0) is 6.07 Å². The highest BCUT2D eigenvalue weighted by atomic mass is 19.4. The molecule has 0 aliphatic heterocycles. The van der Waals surface area contributed by atoms with Crippen molar-refractivity contribution < 1.29 is 35.9 Å². The lowest BCUT2D eigenvalue weighted by Gasteiger charge is -2.72. The average molecular weight is 434 g/mol. The second-order valence-electron chi connectivity index (χ2n) is 7.69.